The first-order valence-electron chi connectivity index (χ1n) is 9.69. The molecule has 4 rings (SSSR count). The number of anilines is 2. The summed E-state index contributed by atoms with van der Waals surface area (Å²) in [6.07, 6.45) is -0.0430. The van der Waals surface area contributed by atoms with Gasteiger partial charge in [-0.25, -0.2) is 0 Å². The van der Waals surface area contributed by atoms with Gasteiger partial charge in [0.1, 0.15) is 6.04 Å². The molecular formula is C21H21Cl2N5O2. The number of piperazine rings is 1. The molecule has 0 bridgehead atoms. The van der Waals surface area contributed by atoms with Crippen molar-refractivity contribution >= 4 is 52.4 Å². The maximum Gasteiger partial charge on any atom is 0.271 e. The van der Waals surface area contributed by atoms with Crippen LogP contribution in [-0.2, 0) is 9.59 Å². The summed E-state index contributed by atoms with van der Waals surface area (Å²) in [6.45, 7) is 3.14. The monoisotopic (exact) mass is 445 g/mol. The van der Waals surface area contributed by atoms with Crippen LogP contribution in [0.25, 0.3) is 0 Å². The van der Waals surface area contributed by atoms with E-state index in [2.05, 4.69) is 32.7 Å². The average Bonchev–Trinajstić information content (AvgIpc) is 3.12. The number of para-hydroxylation sites is 1. The van der Waals surface area contributed by atoms with Gasteiger partial charge in [-0.05, 0) is 24.3 Å². The highest BCUT2D eigenvalue weighted by Crippen LogP contribution is 2.29. The normalized spacial score (nSPS) is 18.8. The van der Waals surface area contributed by atoms with Gasteiger partial charge in [0.25, 0.3) is 5.91 Å². The van der Waals surface area contributed by atoms with Crippen LogP contribution in [0.4, 0.5) is 11.4 Å². The van der Waals surface area contributed by atoms with E-state index < -0.39 is 6.04 Å². The van der Waals surface area contributed by atoms with E-state index in [1.165, 1.54) is 5.69 Å². The summed E-state index contributed by atoms with van der Waals surface area (Å²) >= 11 is 12.1. The molecule has 0 aliphatic carbocycles. The summed E-state index contributed by atoms with van der Waals surface area (Å²) in [5, 5.41) is 6.42. The largest absolute Gasteiger partial charge is 0.368 e. The molecule has 2 aromatic carbocycles. The van der Waals surface area contributed by atoms with Gasteiger partial charge in [0.15, 0.2) is 0 Å². The van der Waals surface area contributed by atoms with Crippen molar-refractivity contribution in [3.8, 4) is 0 Å². The molecule has 0 spiro atoms. The molecule has 0 saturated carbocycles. The molecule has 1 saturated heterocycles. The number of carbonyl (C=O) groups is 2. The number of hydrogen-bond acceptors (Lipinski definition) is 5. The van der Waals surface area contributed by atoms with E-state index in [9.17, 15) is 9.59 Å². The minimum Gasteiger partial charge on any atom is -0.368 e. The first-order chi connectivity index (χ1) is 14.5. The lowest BCUT2D eigenvalue weighted by atomic mass is 10.2. The third kappa shape index (κ3) is 4.52. The van der Waals surface area contributed by atoms with Crippen LogP contribution in [0.1, 0.15) is 6.42 Å². The summed E-state index contributed by atoms with van der Waals surface area (Å²) in [7, 11) is 0. The quantitative estimate of drug-likeness (QED) is 0.756. The van der Waals surface area contributed by atoms with Crippen molar-refractivity contribution in [2.75, 3.05) is 36.4 Å². The van der Waals surface area contributed by atoms with Crippen LogP contribution in [0, 0.1) is 0 Å². The molecular weight excluding hydrogens is 425 g/mol. The lowest BCUT2D eigenvalue weighted by Gasteiger charge is -2.37. The summed E-state index contributed by atoms with van der Waals surface area (Å²) < 4.78 is 0. The smallest absolute Gasteiger partial charge is 0.271 e. The summed E-state index contributed by atoms with van der Waals surface area (Å²) in [5.74, 6) is -0.149. The standard InChI is InChI=1S/C21H21Cl2N5O2/c22-15-7-4-8-16(19(15)23)24-18(29)13-17-20(30)26-21(25-17)28-11-9-27(10-12-28)14-5-2-1-3-6-14/h1-8,17H,9-13H2,(H,24,29)(H,25,26,30). The zero-order valence-electron chi connectivity index (χ0n) is 16.1. The first-order valence-corrected chi connectivity index (χ1v) is 10.4. The van der Waals surface area contributed by atoms with Crippen molar-refractivity contribution in [3.05, 3.63) is 58.6 Å². The van der Waals surface area contributed by atoms with Crippen LogP contribution < -0.4 is 15.5 Å². The molecule has 2 aromatic rings. The Hall–Kier alpha value is -2.77. The Bertz CT molecular complexity index is 975. The Morgan fingerprint density at radius 3 is 2.47 bits per heavy atom. The van der Waals surface area contributed by atoms with Crippen LogP contribution in [0.15, 0.2) is 53.5 Å². The van der Waals surface area contributed by atoms with Crippen molar-refractivity contribution in [1.82, 2.24) is 10.2 Å². The highest BCUT2D eigenvalue weighted by Gasteiger charge is 2.32. The van der Waals surface area contributed by atoms with E-state index in [0.29, 0.717) is 16.7 Å². The molecule has 30 heavy (non-hydrogen) atoms. The first kappa shape index (κ1) is 20.5. The Balaban J connectivity index is 1.30. The molecule has 0 radical (unpaired) electrons. The maximum atomic E-state index is 12.4. The summed E-state index contributed by atoms with van der Waals surface area (Å²) in [5.41, 5.74) is 1.60. The van der Waals surface area contributed by atoms with Gasteiger partial charge in [0.05, 0.1) is 22.2 Å². The molecule has 2 aliphatic rings. The van der Waals surface area contributed by atoms with E-state index in [1.54, 1.807) is 18.2 Å². The second kappa shape index (κ2) is 8.93. The minimum atomic E-state index is -0.690. The number of hydrogen-bond donors (Lipinski definition) is 2. The maximum absolute atomic E-state index is 12.4. The molecule has 1 fully saturated rings. The van der Waals surface area contributed by atoms with Crippen LogP contribution >= 0.6 is 23.2 Å². The molecule has 9 heteroatoms. The highest BCUT2D eigenvalue weighted by atomic mass is 35.5. The molecule has 2 heterocycles. The average molecular weight is 446 g/mol. The molecule has 7 nitrogen and oxygen atoms in total. The van der Waals surface area contributed by atoms with Crippen molar-refractivity contribution in [2.45, 2.75) is 12.5 Å². The lowest BCUT2D eigenvalue weighted by Crippen LogP contribution is -2.52. The second-order valence-electron chi connectivity index (χ2n) is 7.13. The van der Waals surface area contributed by atoms with Crippen molar-refractivity contribution in [2.24, 2.45) is 4.99 Å². The van der Waals surface area contributed by atoms with Gasteiger partial charge in [0.2, 0.25) is 11.9 Å². The number of amides is 2. The van der Waals surface area contributed by atoms with E-state index in [1.807, 2.05) is 23.1 Å². The second-order valence-corrected chi connectivity index (χ2v) is 7.92. The number of aliphatic imine (C=N–C) groups is 1. The van der Waals surface area contributed by atoms with E-state index >= 15 is 0 Å². The fourth-order valence-electron chi connectivity index (χ4n) is 3.53. The molecule has 1 atom stereocenters. The predicted octanol–water partition coefficient (Wildman–Crippen LogP) is 3.00. The third-order valence-corrected chi connectivity index (χ3v) is 5.95. The highest BCUT2D eigenvalue weighted by molar-refractivity contribution is 6.44. The van der Waals surface area contributed by atoms with Crippen molar-refractivity contribution in [1.29, 1.82) is 0 Å². The lowest BCUT2D eigenvalue weighted by molar-refractivity contribution is -0.123. The molecule has 2 aliphatic heterocycles. The fourth-order valence-corrected chi connectivity index (χ4v) is 3.88. The minimum absolute atomic E-state index is 0.0430. The zero-order chi connectivity index (χ0) is 21.1. The zero-order valence-corrected chi connectivity index (χ0v) is 17.7. The molecule has 2 N–H and O–H groups in total. The SMILES string of the molecule is O=C(CC1NC(N2CCN(c3ccccc3)CC2)=NC1=O)Nc1cccc(Cl)c1Cl. The van der Waals surface area contributed by atoms with Gasteiger partial charge in [-0.2, -0.15) is 4.99 Å². The van der Waals surface area contributed by atoms with Crippen molar-refractivity contribution in [3.63, 3.8) is 0 Å². The van der Waals surface area contributed by atoms with E-state index in [-0.39, 0.29) is 23.3 Å². The number of nitrogens with zero attached hydrogens (tertiary/aromatic N) is 3. The molecule has 1 unspecified atom stereocenters. The number of carbonyl (C=O) groups excluding carboxylic acids is 2. The Kier molecular flexibility index (Phi) is 6.11. The van der Waals surface area contributed by atoms with Gasteiger partial charge in [-0.15, -0.1) is 0 Å². The van der Waals surface area contributed by atoms with Crippen LogP contribution in [-0.4, -0.2) is 54.9 Å². The Labute approximate surface area is 184 Å². The number of benzene rings is 2. The van der Waals surface area contributed by atoms with Crippen LogP contribution in [0.2, 0.25) is 10.0 Å². The number of guanidine groups is 1. The third-order valence-electron chi connectivity index (χ3n) is 5.13. The van der Waals surface area contributed by atoms with Crippen LogP contribution in [0.3, 0.4) is 0 Å². The number of rotatable bonds is 4. The Morgan fingerprint density at radius 1 is 1.03 bits per heavy atom. The van der Waals surface area contributed by atoms with Gasteiger partial charge in [-0.3, -0.25) is 9.59 Å². The van der Waals surface area contributed by atoms with Gasteiger partial charge >= 0.3 is 0 Å². The van der Waals surface area contributed by atoms with E-state index in [4.69, 9.17) is 23.2 Å². The summed E-state index contributed by atoms with van der Waals surface area (Å²) in [6, 6.07) is 14.5. The van der Waals surface area contributed by atoms with Gasteiger partial charge < -0.3 is 20.4 Å². The van der Waals surface area contributed by atoms with Gasteiger partial charge in [-0.1, -0.05) is 47.5 Å². The van der Waals surface area contributed by atoms with E-state index in [0.717, 1.165) is 26.2 Å². The van der Waals surface area contributed by atoms with Gasteiger partial charge in [0, 0.05) is 31.9 Å². The molecule has 0 aromatic heterocycles. The number of nitrogens with one attached hydrogen (secondary N) is 2. The molecule has 2 amide bonds. The topological polar surface area (TPSA) is 77.0 Å². The molecule has 156 valence electrons. The predicted molar refractivity (Wildman–Crippen MR) is 119 cm³/mol. The van der Waals surface area contributed by atoms with Crippen LogP contribution in [0.5, 0.6) is 0 Å². The van der Waals surface area contributed by atoms with Crippen molar-refractivity contribution < 1.29 is 9.59 Å². The number of halogens is 2. The Morgan fingerprint density at radius 2 is 1.73 bits per heavy atom. The summed E-state index contributed by atoms with van der Waals surface area (Å²) in [4.78, 5) is 33.2. The fraction of sp³-hybridized carbons (Fsp3) is 0.286.